The molecule has 5 aliphatic carbocycles. The molecule has 170 valence electrons. The maximum Gasteiger partial charge on any atom is -0.00566 e. The maximum absolute atomic E-state index is 2.76. The fraction of sp³-hybridized carbons (Fsp3) is 0.933. The van der Waals surface area contributed by atoms with E-state index in [2.05, 4.69) is 55.4 Å². The lowest BCUT2D eigenvalue weighted by atomic mass is 9.35. The van der Waals surface area contributed by atoms with Gasteiger partial charge in [0, 0.05) is 0 Å². The van der Waals surface area contributed by atoms with E-state index in [4.69, 9.17) is 0 Å². The van der Waals surface area contributed by atoms with Gasteiger partial charge in [-0.1, -0.05) is 73.0 Å². The molecule has 0 radical (unpaired) electrons. The summed E-state index contributed by atoms with van der Waals surface area (Å²) in [6.45, 7) is 21.2. The molecule has 3 fully saturated rings. The van der Waals surface area contributed by atoms with Crippen LogP contribution in [0.15, 0.2) is 11.1 Å². The molecular formula is C30H50. The zero-order valence-electron chi connectivity index (χ0n) is 21.6. The molecule has 0 N–H and O–H groups in total. The maximum atomic E-state index is 2.76. The molecule has 3 saturated carbocycles. The highest BCUT2D eigenvalue weighted by molar-refractivity contribution is 5.38. The van der Waals surface area contributed by atoms with Crippen molar-refractivity contribution in [3.8, 4) is 0 Å². The number of hydrogen-bond donors (Lipinski definition) is 0. The highest BCUT2D eigenvalue weighted by Gasteiger charge is 2.65. The molecule has 0 spiro atoms. The summed E-state index contributed by atoms with van der Waals surface area (Å²) in [5, 5.41) is 0. The topological polar surface area (TPSA) is 0 Å². The zero-order valence-corrected chi connectivity index (χ0v) is 21.6. The average Bonchev–Trinajstić information content (AvgIpc) is 2.64. The lowest BCUT2D eigenvalue weighted by molar-refractivity contribution is -0.151. The average molecular weight is 411 g/mol. The summed E-state index contributed by atoms with van der Waals surface area (Å²) < 4.78 is 0. The second kappa shape index (κ2) is 6.20. The van der Waals surface area contributed by atoms with Crippen molar-refractivity contribution in [2.24, 2.45) is 44.3 Å². The van der Waals surface area contributed by atoms with E-state index in [0.717, 1.165) is 11.8 Å². The van der Waals surface area contributed by atoms with Gasteiger partial charge in [-0.2, -0.15) is 0 Å². The van der Waals surface area contributed by atoms with Gasteiger partial charge >= 0.3 is 0 Å². The molecule has 0 aliphatic heterocycles. The Balaban J connectivity index is 1.60. The quantitative estimate of drug-likeness (QED) is 0.349. The van der Waals surface area contributed by atoms with Crippen LogP contribution in [0.25, 0.3) is 0 Å². The van der Waals surface area contributed by atoms with Crippen LogP contribution in [0.2, 0.25) is 0 Å². The Kier molecular flexibility index (Phi) is 4.46. The Hall–Kier alpha value is -0.260. The number of hydrogen-bond acceptors (Lipinski definition) is 0. The zero-order chi connectivity index (χ0) is 21.8. The summed E-state index contributed by atoms with van der Waals surface area (Å²) in [5.74, 6) is 1.82. The van der Waals surface area contributed by atoms with Crippen LogP contribution in [0.3, 0.4) is 0 Å². The van der Waals surface area contributed by atoms with E-state index < -0.39 is 0 Å². The molecule has 5 rings (SSSR count). The van der Waals surface area contributed by atoms with Crippen LogP contribution in [0, 0.1) is 44.3 Å². The standard InChI is InChI=1S/C30H50/c1-25(2)16-17-27(5)18-19-29(7)22-10-11-23-26(3,4)13-9-14-28(23,6)21(22)12-15-30(29,8)24(27)20-25/h23-24H,9-20H2,1-8H3/t23?,24-,27-,28-,29-,30+/m1/s1. The predicted octanol–water partition coefficient (Wildman–Crippen LogP) is 9.34. The number of fused-ring (bicyclic) bond motifs is 6. The largest absolute Gasteiger partial charge is 0.0642 e. The van der Waals surface area contributed by atoms with Gasteiger partial charge in [-0.15, -0.1) is 0 Å². The van der Waals surface area contributed by atoms with E-state index in [1.54, 1.807) is 0 Å². The van der Waals surface area contributed by atoms with Gasteiger partial charge in [-0.05, 0) is 115 Å². The van der Waals surface area contributed by atoms with Crippen molar-refractivity contribution in [3.05, 3.63) is 11.1 Å². The molecule has 5 aliphatic rings. The van der Waals surface area contributed by atoms with Gasteiger partial charge < -0.3 is 0 Å². The molecule has 30 heavy (non-hydrogen) atoms. The van der Waals surface area contributed by atoms with Gasteiger partial charge in [-0.3, -0.25) is 0 Å². The molecule has 0 bridgehead atoms. The molecule has 0 saturated heterocycles. The smallest absolute Gasteiger partial charge is 0.00566 e. The molecular weight excluding hydrogens is 360 g/mol. The van der Waals surface area contributed by atoms with Gasteiger partial charge in [0.25, 0.3) is 0 Å². The molecule has 0 amide bonds. The Morgan fingerprint density at radius 2 is 1.33 bits per heavy atom. The first-order chi connectivity index (χ1) is 13.8. The normalized spacial score (nSPS) is 52.0. The third kappa shape index (κ3) is 2.64. The van der Waals surface area contributed by atoms with Crippen LogP contribution in [-0.4, -0.2) is 0 Å². The number of allylic oxidation sites excluding steroid dienone is 2. The minimum atomic E-state index is 0.452. The summed E-state index contributed by atoms with van der Waals surface area (Å²) in [5.41, 5.74) is 7.08. The minimum absolute atomic E-state index is 0.452. The molecule has 0 nitrogen and oxygen atoms in total. The SMILES string of the molecule is CC1(C)CC[C@]2(C)CC[C@]3(C)C4=C(CC[C@@]3(C)[C@@H]2C1)[C@@]1(C)CCCC(C)(C)C1CC4. The van der Waals surface area contributed by atoms with Gasteiger partial charge in [0.2, 0.25) is 0 Å². The Morgan fingerprint density at radius 1 is 0.633 bits per heavy atom. The van der Waals surface area contributed by atoms with Gasteiger partial charge in [-0.25, -0.2) is 0 Å². The highest BCUT2D eigenvalue weighted by Crippen LogP contribution is 2.75. The Morgan fingerprint density at radius 3 is 2.07 bits per heavy atom. The molecule has 6 atom stereocenters. The van der Waals surface area contributed by atoms with Crippen LogP contribution in [0.4, 0.5) is 0 Å². The van der Waals surface area contributed by atoms with Crippen LogP contribution in [0.1, 0.15) is 132 Å². The fourth-order valence-electron chi connectivity index (χ4n) is 10.6. The minimum Gasteiger partial charge on any atom is -0.0642 e. The van der Waals surface area contributed by atoms with E-state index in [1.807, 2.05) is 11.1 Å². The first-order valence-electron chi connectivity index (χ1n) is 13.5. The number of rotatable bonds is 0. The summed E-state index contributed by atoms with van der Waals surface area (Å²) in [6.07, 6.45) is 17.4. The summed E-state index contributed by atoms with van der Waals surface area (Å²) in [4.78, 5) is 0. The van der Waals surface area contributed by atoms with Crippen LogP contribution in [-0.2, 0) is 0 Å². The van der Waals surface area contributed by atoms with Crippen molar-refractivity contribution in [1.82, 2.24) is 0 Å². The van der Waals surface area contributed by atoms with Gasteiger partial charge in [0.1, 0.15) is 0 Å². The molecule has 0 aromatic rings. The summed E-state index contributed by atoms with van der Waals surface area (Å²) in [6, 6.07) is 0. The molecule has 0 heteroatoms. The van der Waals surface area contributed by atoms with Crippen LogP contribution < -0.4 is 0 Å². The van der Waals surface area contributed by atoms with Crippen molar-refractivity contribution < 1.29 is 0 Å². The lowest BCUT2D eigenvalue weighted by Gasteiger charge is -2.69. The van der Waals surface area contributed by atoms with Crippen molar-refractivity contribution in [2.75, 3.05) is 0 Å². The van der Waals surface area contributed by atoms with Crippen molar-refractivity contribution in [3.63, 3.8) is 0 Å². The molecule has 0 heterocycles. The van der Waals surface area contributed by atoms with E-state index in [0.29, 0.717) is 32.5 Å². The lowest BCUT2D eigenvalue weighted by Crippen LogP contribution is -2.60. The Labute approximate surface area is 188 Å². The third-order valence-electron chi connectivity index (χ3n) is 12.7. The van der Waals surface area contributed by atoms with E-state index >= 15 is 0 Å². The second-order valence-electron chi connectivity index (χ2n) is 15.1. The first-order valence-corrected chi connectivity index (χ1v) is 13.5. The van der Waals surface area contributed by atoms with Crippen molar-refractivity contribution in [1.29, 1.82) is 0 Å². The first kappa shape index (κ1) is 21.6. The third-order valence-corrected chi connectivity index (χ3v) is 12.7. The second-order valence-corrected chi connectivity index (χ2v) is 15.1. The molecule has 0 aromatic carbocycles. The molecule has 0 aromatic heterocycles. The van der Waals surface area contributed by atoms with E-state index in [-0.39, 0.29) is 0 Å². The van der Waals surface area contributed by atoms with Crippen molar-refractivity contribution in [2.45, 2.75) is 132 Å². The summed E-state index contributed by atoms with van der Waals surface area (Å²) in [7, 11) is 0. The van der Waals surface area contributed by atoms with E-state index in [1.165, 1.54) is 77.0 Å². The van der Waals surface area contributed by atoms with Crippen molar-refractivity contribution >= 4 is 0 Å². The van der Waals surface area contributed by atoms with Gasteiger partial charge in [0.05, 0.1) is 0 Å². The van der Waals surface area contributed by atoms with Crippen LogP contribution >= 0.6 is 0 Å². The van der Waals surface area contributed by atoms with Crippen LogP contribution in [0.5, 0.6) is 0 Å². The molecule has 1 unspecified atom stereocenters. The Bertz CT molecular complexity index is 767. The fourth-order valence-corrected chi connectivity index (χ4v) is 10.6. The highest BCUT2D eigenvalue weighted by atomic mass is 14.7. The van der Waals surface area contributed by atoms with Gasteiger partial charge in [0.15, 0.2) is 0 Å². The predicted molar refractivity (Wildman–Crippen MR) is 129 cm³/mol. The van der Waals surface area contributed by atoms with E-state index in [9.17, 15) is 0 Å². The monoisotopic (exact) mass is 410 g/mol. The summed E-state index contributed by atoms with van der Waals surface area (Å²) >= 11 is 0.